The van der Waals surface area contributed by atoms with Gasteiger partial charge in [0.15, 0.2) is 0 Å². The van der Waals surface area contributed by atoms with E-state index < -0.39 is 0 Å². The third kappa shape index (κ3) is 2.82. The van der Waals surface area contributed by atoms with Gasteiger partial charge >= 0.3 is 0 Å². The topological polar surface area (TPSA) is 68.1 Å². The van der Waals surface area contributed by atoms with E-state index in [9.17, 15) is 10.1 Å². The summed E-state index contributed by atoms with van der Waals surface area (Å²) in [6.07, 6.45) is 6.69. The van der Waals surface area contributed by atoms with Crippen LogP contribution in [0.25, 0.3) is 0 Å². The van der Waals surface area contributed by atoms with E-state index in [2.05, 4.69) is 17.2 Å². The Morgan fingerprint density at radius 1 is 1.45 bits per heavy atom. The van der Waals surface area contributed by atoms with Gasteiger partial charge in [-0.25, -0.2) is 0 Å². The van der Waals surface area contributed by atoms with E-state index in [-0.39, 0.29) is 10.6 Å². The maximum Gasteiger partial charge on any atom is 0.278 e. The highest BCUT2D eigenvalue weighted by molar-refractivity contribution is 5.47. The van der Waals surface area contributed by atoms with Crippen LogP contribution in [0.15, 0.2) is 6.20 Å². The highest BCUT2D eigenvalue weighted by atomic mass is 16.6. The summed E-state index contributed by atoms with van der Waals surface area (Å²) in [6, 6.07) is 0. The SMILES string of the molecule is CCC1(CNCc2ncc(C)c([N+](=O)[O-])c2C)CCC1. The van der Waals surface area contributed by atoms with Gasteiger partial charge in [0, 0.05) is 30.4 Å². The first-order chi connectivity index (χ1) is 9.49. The zero-order chi connectivity index (χ0) is 14.8. The highest BCUT2D eigenvalue weighted by Crippen LogP contribution is 2.43. The molecule has 5 heteroatoms. The van der Waals surface area contributed by atoms with E-state index in [0.29, 0.717) is 23.1 Å². The maximum atomic E-state index is 11.1. The molecule has 0 amide bonds. The minimum absolute atomic E-state index is 0.200. The monoisotopic (exact) mass is 277 g/mol. The minimum Gasteiger partial charge on any atom is -0.311 e. The number of nitrogens with one attached hydrogen (secondary N) is 1. The second-order valence-corrected chi connectivity index (χ2v) is 5.93. The van der Waals surface area contributed by atoms with Gasteiger partial charge in [0.05, 0.1) is 10.6 Å². The van der Waals surface area contributed by atoms with Crippen LogP contribution in [0.4, 0.5) is 5.69 Å². The molecule has 1 heterocycles. The smallest absolute Gasteiger partial charge is 0.278 e. The third-order valence-electron chi connectivity index (χ3n) is 4.71. The van der Waals surface area contributed by atoms with Crippen molar-refractivity contribution in [3.05, 3.63) is 33.1 Å². The van der Waals surface area contributed by atoms with E-state index in [0.717, 1.165) is 12.2 Å². The quantitative estimate of drug-likeness (QED) is 0.640. The largest absolute Gasteiger partial charge is 0.311 e. The third-order valence-corrected chi connectivity index (χ3v) is 4.71. The van der Waals surface area contributed by atoms with Gasteiger partial charge in [0.25, 0.3) is 5.69 Å². The number of rotatable bonds is 6. The number of pyridine rings is 1. The number of hydrogen-bond acceptors (Lipinski definition) is 4. The predicted molar refractivity (Wildman–Crippen MR) is 78.6 cm³/mol. The zero-order valence-electron chi connectivity index (χ0n) is 12.5. The van der Waals surface area contributed by atoms with Crippen LogP contribution < -0.4 is 5.32 Å². The molecule has 1 aliphatic rings. The van der Waals surface area contributed by atoms with Crippen LogP contribution in [0.1, 0.15) is 49.4 Å². The highest BCUT2D eigenvalue weighted by Gasteiger charge is 2.34. The van der Waals surface area contributed by atoms with Crippen LogP contribution >= 0.6 is 0 Å². The Balaban J connectivity index is 2.03. The summed E-state index contributed by atoms with van der Waals surface area (Å²) >= 11 is 0. The molecule has 1 fully saturated rings. The fourth-order valence-corrected chi connectivity index (χ4v) is 3.00. The van der Waals surface area contributed by atoms with Crippen molar-refractivity contribution in [1.82, 2.24) is 10.3 Å². The van der Waals surface area contributed by atoms with Crippen LogP contribution in [-0.2, 0) is 6.54 Å². The molecule has 0 bridgehead atoms. The van der Waals surface area contributed by atoms with Gasteiger partial charge in [-0.3, -0.25) is 15.1 Å². The first kappa shape index (κ1) is 14.9. The Labute approximate surface area is 119 Å². The van der Waals surface area contributed by atoms with Crippen LogP contribution in [0.3, 0.4) is 0 Å². The van der Waals surface area contributed by atoms with E-state index in [1.54, 1.807) is 20.0 Å². The minimum atomic E-state index is -0.310. The summed E-state index contributed by atoms with van der Waals surface area (Å²) in [4.78, 5) is 15.1. The number of aromatic nitrogens is 1. The van der Waals surface area contributed by atoms with E-state index in [1.807, 2.05) is 0 Å². The van der Waals surface area contributed by atoms with Crippen molar-refractivity contribution in [1.29, 1.82) is 0 Å². The summed E-state index contributed by atoms with van der Waals surface area (Å²) in [5.41, 5.74) is 2.74. The second kappa shape index (κ2) is 5.87. The molecule has 1 aromatic heterocycles. The number of aryl methyl sites for hydroxylation is 1. The molecule has 2 rings (SSSR count). The van der Waals surface area contributed by atoms with Crippen LogP contribution in [0.5, 0.6) is 0 Å². The molecule has 5 nitrogen and oxygen atoms in total. The number of hydrogen-bond donors (Lipinski definition) is 1. The Morgan fingerprint density at radius 2 is 2.15 bits per heavy atom. The lowest BCUT2D eigenvalue weighted by Gasteiger charge is -2.41. The van der Waals surface area contributed by atoms with Gasteiger partial charge in [-0.15, -0.1) is 0 Å². The molecule has 1 saturated carbocycles. The Hall–Kier alpha value is -1.49. The molecule has 20 heavy (non-hydrogen) atoms. The molecular weight excluding hydrogens is 254 g/mol. The zero-order valence-corrected chi connectivity index (χ0v) is 12.5. The van der Waals surface area contributed by atoms with Crippen molar-refractivity contribution in [2.45, 2.75) is 53.0 Å². The van der Waals surface area contributed by atoms with Crippen molar-refractivity contribution in [3.63, 3.8) is 0 Å². The molecule has 0 spiro atoms. The molecule has 0 unspecified atom stereocenters. The summed E-state index contributed by atoms with van der Waals surface area (Å²) in [5.74, 6) is 0. The molecule has 0 saturated heterocycles. The average molecular weight is 277 g/mol. The molecule has 0 radical (unpaired) electrons. The molecule has 1 aliphatic carbocycles. The molecule has 110 valence electrons. The fraction of sp³-hybridized carbons (Fsp3) is 0.667. The van der Waals surface area contributed by atoms with Crippen LogP contribution in [0.2, 0.25) is 0 Å². The summed E-state index contributed by atoms with van der Waals surface area (Å²) in [7, 11) is 0. The second-order valence-electron chi connectivity index (χ2n) is 5.93. The van der Waals surface area contributed by atoms with Crippen molar-refractivity contribution in [2.24, 2.45) is 5.41 Å². The van der Waals surface area contributed by atoms with Crippen LogP contribution in [-0.4, -0.2) is 16.5 Å². The lowest BCUT2D eigenvalue weighted by atomic mass is 9.67. The van der Waals surface area contributed by atoms with Crippen molar-refractivity contribution in [3.8, 4) is 0 Å². The van der Waals surface area contributed by atoms with Gasteiger partial charge in [-0.2, -0.15) is 0 Å². The molecule has 0 aliphatic heterocycles. The molecule has 0 atom stereocenters. The van der Waals surface area contributed by atoms with E-state index in [4.69, 9.17) is 0 Å². The number of nitro groups is 1. The summed E-state index contributed by atoms with van der Waals surface area (Å²) in [6.45, 7) is 7.34. The Kier molecular flexibility index (Phi) is 4.38. The first-order valence-corrected chi connectivity index (χ1v) is 7.29. The van der Waals surface area contributed by atoms with E-state index in [1.165, 1.54) is 25.7 Å². The van der Waals surface area contributed by atoms with Gasteiger partial charge < -0.3 is 5.32 Å². The van der Waals surface area contributed by atoms with Gasteiger partial charge in [0.1, 0.15) is 0 Å². The predicted octanol–water partition coefficient (Wildman–Crippen LogP) is 3.28. The fourth-order valence-electron chi connectivity index (χ4n) is 3.00. The Morgan fingerprint density at radius 3 is 2.65 bits per heavy atom. The maximum absolute atomic E-state index is 11.1. The normalized spacial score (nSPS) is 16.8. The molecule has 1 aromatic rings. The van der Waals surface area contributed by atoms with Crippen LogP contribution in [0, 0.1) is 29.4 Å². The van der Waals surface area contributed by atoms with Gasteiger partial charge in [0.2, 0.25) is 0 Å². The van der Waals surface area contributed by atoms with Gasteiger partial charge in [-0.05, 0) is 38.5 Å². The first-order valence-electron chi connectivity index (χ1n) is 7.29. The summed E-state index contributed by atoms with van der Waals surface area (Å²) in [5, 5.41) is 14.5. The number of nitrogens with zero attached hydrogens (tertiary/aromatic N) is 2. The van der Waals surface area contributed by atoms with Gasteiger partial charge in [-0.1, -0.05) is 13.3 Å². The lowest BCUT2D eigenvalue weighted by Crippen LogP contribution is -2.39. The van der Waals surface area contributed by atoms with Crippen molar-refractivity contribution in [2.75, 3.05) is 6.54 Å². The molecular formula is C15H23N3O2. The standard InChI is InChI=1S/C15H23N3O2/c1-4-15(6-5-7-15)10-16-9-13-12(3)14(18(19)20)11(2)8-17-13/h8,16H,4-7,9-10H2,1-3H3. The summed E-state index contributed by atoms with van der Waals surface area (Å²) < 4.78 is 0. The molecule has 0 aromatic carbocycles. The average Bonchev–Trinajstić information content (AvgIpc) is 2.35. The Bertz CT molecular complexity index is 505. The van der Waals surface area contributed by atoms with Crippen molar-refractivity contribution >= 4 is 5.69 Å². The van der Waals surface area contributed by atoms with Crippen molar-refractivity contribution < 1.29 is 4.92 Å². The molecule has 1 N–H and O–H groups in total. The van der Waals surface area contributed by atoms with E-state index >= 15 is 0 Å². The lowest BCUT2D eigenvalue weighted by molar-refractivity contribution is -0.386.